The molecule has 4 rings (SSSR count). The van der Waals surface area contributed by atoms with Gasteiger partial charge in [-0.25, -0.2) is 9.78 Å². The third kappa shape index (κ3) is 12.6. The Morgan fingerprint density at radius 2 is 1.62 bits per heavy atom. The number of benzene rings is 2. The third-order valence-electron chi connectivity index (χ3n) is 9.38. The summed E-state index contributed by atoms with van der Waals surface area (Å²) in [6.07, 6.45) is -1.65. The van der Waals surface area contributed by atoms with Crippen molar-refractivity contribution in [3.05, 3.63) is 76.4 Å². The number of likely N-dealkylation sites (tertiary alicyclic amines) is 1. The van der Waals surface area contributed by atoms with Gasteiger partial charge in [-0.3, -0.25) is 19.2 Å². The van der Waals surface area contributed by atoms with Gasteiger partial charge < -0.3 is 41.2 Å². The fourth-order valence-electron chi connectivity index (χ4n) is 6.27. The van der Waals surface area contributed by atoms with Gasteiger partial charge in [-0.1, -0.05) is 57.2 Å². The predicted molar refractivity (Wildman–Crippen MR) is 213 cm³/mol. The number of carbonyl (C=O) groups is 5. The fraction of sp³-hybridized carbons (Fsp3) is 0.512. The van der Waals surface area contributed by atoms with Crippen LogP contribution in [0.5, 0.6) is 0 Å². The molecule has 15 heteroatoms. The average molecular weight is 793 g/mol. The highest BCUT2D eigenvalue weighted by Gasteiger charge is 2.44. The maximum absolute atomic E-state index is 14.1. The van der Waals surface area contributed by atoms with Crippen molar-refractivity contribution in [1.29, 1.82) is 0 Å². The van der Waals surface area contributed by atoms with Crippen molar-refractivity contribution in [3.63, 3.8) is 0 Å². The van der Waals surface area contributed by atoms with E-state index in [2.05, 4.69) is 20.9 Å². The van der Waals surface area contributed by atoms with Gasteiger partial charge in [0.2, 0.25) is 17.7 Å². The quantitative estimate of drug-likeness (QED) is 0.146. The van der Waals surface area contributed by atoms with Gasteiger partial charge >= 0.3 is 6.09 Å². The predicted octanol–water partition coefficient (Wildman–Crippen LogP) is 4.61. The Morgan fingerprint density at radius 1 is 0.982 bits per heavy atom. The van der Waals surface area contributed by atoms with E-state index in [0.29, 0.717) is 5.56 Å². The number of aliphatic hydroxyl groups is 1. The van der Waals surface area contributed by atoms with Crippen LogP contribution in [0.15, 0.2) is 54.0 Å². The van der Waals surface area contributed by atoms with Crippen molar-refractivity contribution in [3.8, 4) is 10.4 Å². The molecule has 5 atom stereocenters. The number of carbonyl (C=O) groups excluding carboxylic acids is 5. The van der Waals surface area contributed by atoms with Crippen molar-refractivity contribution in [2.75, 3.05) is 6.54 Å². The summed E-state index contributed by atoms with van der Waals surface area (Å²) in [7, 11) is 0. The number of alkyl carbamates (subject to hydrolysis) is 1. The molecular formula is C41H56N6O8S. The highest BCUT2D eigenvalue weighted by molar-refractivity contribution is 7.13. The van der Waals surface area contributed by atoms with Crippen LogP contribution in [-0.2, 0) is 37.0 Å². The van der Waals surface area contributed by atoms with E-state index in [9.17, 15) is 29.1 Å². The number of amides is 5. The first-order valence-electron chi connectivity index (χ1n) is 18.8. The number of nitrogens with one attached hydrogen (secondary N) is 3. The van der Waals surface area contributed by atoms with Crippen molar-refractivity contribution in [2.45, 2.75) is 124 Å². The minimum atomic E-state index is -1.00. The smallest absolute Gasteiger partial charge is 0.407 e. The summed E-state index contributed by atoms with van der Waals surface area (Å²) in [5, 5.41) is 19.1. The largest absolute Gasteiger partial charge is 0.444 e. The summed E-state index contributed by atoms with van der Waals surface area (Å²) in [4.78, 5) is 71.7. The maximum atomic E-state index is 14.1. The van der Waals surface area contributed by atoms with Gasteiger partial charge in [0.05, 0.1) is 40.9 Å². The summed E-state index contributed by atoms with van der Waals surface area (Å²) >= 11 is 1.56. The molecule has 2 aromatic carbocycles. The summed E-state index contributed by atoms with van der Waals surface area (Å²) in [6.45, 7) is 14.8. The second-order valence-electron chi connectivity index (χ2n) is 16.3. The summed E-state index contributed by atoms with van der Waals surface area (Å²) in [6, 6.07) is 12.1. The summed E-state index contributed by atoms with van der Waals surface area (Å²) in [5.74, 6) is -1.83. The summed E-state index contributed by atoms with van der Waals surface area (Å²) in [5.41, 5.74) is 9.64. The highest BCUT2D eigenvalue weighted by atomic mass is 32.1. The van der Waals surface area contributed by atoms with Gasteiger partial charge in [0.1, 0.15) is 17.7 Å². The van der Waals surface area contributed by atoms with E-state index in [1.54, 1.807) is 68.8 Å². The minimum Gasteiger partial charge on any atom is -0.444 e. The van der Waals surface area contributed by atoms with E-state index < -0.39 is 65.2 Å². The SMILES string of the molecule is Cc1ncsc1-c1ccc(CNC(=O)[C@@H]2C[C@@H](O)CN2C(=O)[C@@H](NC(=O)c2ccc(CO[C@H](C)[C@H](CCC(N)=O)NC(=O)OC(C)(C)C)cc2)C(C)(C)C)cc1. The Hall–Kier alpha value is -4.86. The Kier molecular flexibility index (Phi) is 14.8. The lowest BCUT2D eigenvalue weighted by atomic mass is 9.85. The van der Waals surface area contributed by atoms with E-state index in [1.165, 1.54) is 4.90 Å². The van der Waals surface area contributed by atoms with Crippen molar-refractivity contribution < 1.29 is 38.6 Å². The van der Waals surface area contributed by atoms with Crippen LogP contribution in [0.1, 0.15) is 94.9 Å². The molecule has 304 valence electrons. The fourth-order valence-corrected chi connectivity index (χ4v) is 7.08. The normalized spacial score (nSPS) is 17.4. The van der Waals surface area contributed by atoms with Crippen molar-refractivity contribution in [1.82, 2.24) is 25.8 Å². The molecule has 56 heavy (non-hydrogen) atoms. The van der Waals surface area contributed by atoms with E-state index in [4.69, 9.17) is 15.2 Å². The van der Waals surface area contributed by atoms with Crippen LogP contribution in [0.25, 0.3) is 10.4 Å². The van der Waals surface area contributed by atoms with Crippen LogP contribution in [-0.4, -0.2) is 87.2 Å². The first-order valence-corrected chi connectivity index (χ1v) is 19.6. The van der Waals surface area contributed by atoms with Crippen LogP contribution < -0.4 is 21.7 Å². The van der Waals surface area contributed by atoms with Gasteiger partial charge in [0.15, 0.2) is 0 Å². The molecule has 0 saturated carbocycles. The lowest BCUT2D eigenvalue weighted by molar-refractivity contribution is -0.142. The van der Waals surface area contributed by atoms with Crippen LogP contribution in [0.3, 0.4) is 0 Å². The highest BCUT2D eigenvalue weighted by Crippen LogP contribution is 2.28. The van der Waals surface area contributed by atoms with Crippen LogP contribution in [0.2, 0.25) is 0 Å². The number of hydrogen-bond acceptors (Lipinski definition) is 10. The number of thiazole rings is 1. The van der Waals surface area contributed by atoms with E-state index in [1.807, 2.05) is 52.0 Å². The van der Waals surface area contributed by atoms with E-state index in [0.717, 1.165) is 27.3 Å². The maximum Gasteiger partial charge on any atom is 0.407 e. The molecule has 0 aliphatic carbocycles. The van der Waals surface area contributed by atoms with Gasteiger partial charge in [0.25, 0.3) is 5.91 Å². The molecule has 5 amide bonds. The molecule has 0 spiro atoms. The molecule has 1 aliphatic rings. The Labute approximate surface area is 332 Å². The number of β-amino-alcohol motifs (C(OH)–C–C–N with tert-alkyl or cyclic N) is 1. The van der Waals surface area contributed by atoms with Gasteiger partial charge in [-0.15, -0.1) is 11.3 Å². The monoisotopic (exact) mass is 792 g/mol. The standard InChI is InChI=1S/C41H56N6O8S/c1-24-34(56-23-44-24)28-13-9-26(10-14-28)20-43-37(51)32-19-30(48)21-47(32)38(52)35(40(3,4)5)46-36(50)29-15-11-27(12-16-29)22-54-25(2)31(17-18-33(42)49)45-39(53)55-41(6,7)8/h9-16,23,25,30-32,35,48H,17-22H2,1-8H3,(H2,42,49)(H,43,51)(H,45,53)(H,46,50)/t25-,30-,31+,32+,35-/m1/s1. The molecule has 1 aliphatic heterocycles. The second-order valence-corrected chi connectivity index (χ2v) is 17.2. The van der Waals surface area contributed by atoms with Crippen molar-refractivity contribution >= 4 is 41.1 Å². The molecule has 0 radical (unpaired) electrons. The van der Waals surface area contributed by atoms with E-state index >= 15 is 0 Å². The zero-order valence-electron chi connectivity index (χ0n) is 33.5. The number of aliphatic hydroxyl groups excluding tert-OH is 1. The molecule has 14 nitrogen and oxygen atoms in total. The minimum absolute atomic E-state index is 0.0356. The first-order chi connectivity index (χ1) is 26.2. The average Bonchev–Trinajstić information content (AvgIpc) is 3.74. The molecule has 6 N–H and O–H groups in total. The van der Waals surface area contributed by atoms with Crippen molar-refractivity contribution in [2.24, 2.45) is 11.1 Å². The Balaban J connectivity index is 1.36. The molecule has 3 aromatic rings. The lowest BCUT2D eigenvalue weighted by Crippen LogP contribution is -2.57. The molecule has 2 heterocycles. The zero-order chi connectivity index (χ0) is 41.4. The van der Waals surface area contributed by atoms with Gasteiger partial charge in [0, 0.05) is 31.5 Å². The number of nitrogens with zero attached hydrogens (tertiary/aromatic N) is 2. The molecule has 1 aromatic heterocycles. The van der Waals surface area contributed by atoms with Gasteiger partial charge in [-0.2, -0.15) is 0 Å². The number of aryl methyl sites for hydroxylation is 1. The zero-order valence-corrected chi connectivity index (χ0v) is 34.3. The first kappa shape index (κ1) is 43.9. The number of rotatable bonds is 15. The van der Waals surface area contributed by atoms with E-state index in [-0.39, 0.29) is 44.9 Å². The topological polar surface area (TPSA) is 202 Å². The molecule has 1 saturated heterocycles. The number of ether oxygens (including phenoxy) is 2. The Bertz CT molecular complexity index is 1830. The van der Waals surface area contributed by atoms with Crippen LogP contribution in [0.4, 0.5) is 4.79 Å². The lowest BCUT2D eigenvalue weighted by Gasteiger charge is -2.35. The Morgan fingerprint density at radius 3 is 2.20 bits per heavy atom. The van der Waals surface area contributed by atoms with Gasteiger partial charge in [-0.05, 0) is 75.3 Å². The number of hydrogen-bond donors (Lipinski definition) is 5. The molecule has 0 unspecified atom stereocenters. The molecule has 1 fully saturated rings. The third-order valence-corrected chi connectivity index (χ3v) is 10.4. The van der Waals surface area contributed by atoms with Crippen LogP contribution in [0, 0.1) is 12.3 Å². The summed E-state index contributed by atoms with van der Waals surface area (Å²) < 4.78 is 11.4. The molecule has 0 bridgehead atoms. The number of nitrogens with two attached hydrogens (primary N) is 1. The second kappa shape index (κ2) is 18.9. The van der Waals surface area contributed by atoms with Crippen LogP contribution >= 0.6 is 11.3 Å². The molecular weight excluding hydrogens is 737 g/mol. The number of primary amides is 1. The number of aromatic nitrogens is 1.